The van der Waals surface area contributed by atoms with Crippen LogP contribution >= 0.6 is 0 Å². The molecule has 0 saturated heterocycles. The Labute approximate surface area is 191 Å². The Morgan fingerprint density at radius 1 is 1.00 bits per heavy atom. The second kappa shape index (κ2) is 12.8. The van der Waals surface area contributed by atoms with E-state index in [9.17, 15) is 14.7 Å². The van der Waals surface area contributed by atoms with E-state index in [0.29, 0.717) is 12.0 Å². The van der Waals surface area contributed by atoms with Gasteiger partial charge >= 0.3 is 6.09 Å². The molecule has 0 radical (unpaired) electrons. The molecule has 0 fully saturated rings. The molecule has 172 valence electrons. The number of hydrogen-bond acceptors (Lipinski definition) is 4. The number of aliphatic hydroxyl groups is 1. The van der Waals surface area contributed by atoms with Crippen molar-refractivity contribution >= 4 is 11.9 Å². The number of hydrogen-bond donors (Lipinski definition) is 2. The van der Waals surface area contributed by atoms with E-state index in [2.05, 4.69) is 17.4 Å². The highest BCUT2D eigenvalue weighted by molar-refractivity contribution is 5.96. The summed E-state index contributed by atoms with van der Waals surface area (Å²) in [6, 6.07) is 20.0. The Balaban J connectivity index is 1.91. The van der Waals surface area contributed by atoms with E-state index >= 15 is 0 Å². The maximum atomic E-state index is 12.9. The lowest BCUT2D eigenvalue weighted by Crippen LogP contribution is -2.34. The number of allylic oxidation sites excluding steroid dienone is 2. The predicted octanol–water partition coefficient (Wildman–Crippen LogP) is 5.02. The van der Waals surface area contributed by atoms with Crippen LogP contribution in [-0.2, 0) is 22.4 Å². The Morgan fingerprint density at radius 3 is 2.19 bits per heavy atom. The number of nitrogens with one attached hydrogen (secondary N) is 1. The molecule has 0 aliphatic rings. The van der Waals surface area contributed by atoms with Gasteiger partial charge in [-0.15, -0.1) is 0 Å². The van der Waals surface area contributed by atoms with Crippen LogP contribution in [0.25, 0.3) is 0 Å². The zero-order valence-electron chi connectivity index (χ0n) is 19.3. The van der Waals surface area contributed by atoms with Gasteiger partial charge in [-0.3, -0.25) is 4.79 Å². The molecule has 32 heavy (non-hydrogen) atoms. The third kappa shape index (κ3) is 10.4. The minimum Gasteiger partial charge on any atom is -0.444 e. The first-order chi connectivity index (χ1) is 15.2. The summed E-state index contributed by atoms with van der Waals surface area (Å²) in [5.74, 6) is -0.0633. The second-order valence-electron chi connectivity index (χ2n) is 8.91. The number of carbonyl (C=O) groups is 2. The lowest BCUT2D eigenvalue weighted by Gasteiger charge is -2.20. The van der Waals surface area contributed by atoms with Crippen LogP contribution in [0.5, 0.6) is 0 Å². The molecule has 0 bridgehead atoms. The number of carbonyl (C=O) groups excluding carboxylic acids is 2. The molecule has 1 unspecified atom stereocenters. The Bertz CT molecular complexity index is 870. The first-order valence-electron chi connectivity index (χ1n) is 11.2. The van der Waals surface area contributed by atoms with Crippen molar-refractivity contribution in [1.82, 2.24) is 5.32 Å². The van der Waals surface area contributed by atoms with Crippen LogP contribution in [0.4, 0.5) is 4.79 Å². The van der Waals surface area contributed by atoms with Gasteiger partial charge in [-0.25, -0.2) is 4.79 Å². The molecular weight excluding hydrogens is 402 g/mol. The monoisotopic (exact) mass is 437 g/mol. The number of rotatable bonds is 11. The summed E-state index contributed by atoms with van der Waals surface area (Å²) >= 11 is 0. The van der Waals surface area contributed by atoms with E-state index in [1.54, 1.807) is 20.8 Å². The quantitative estimate of drug-likeness (QED) is 0.484. The summed E-state index contributed by atoms with van der Waals surface area (Å²) in [6.07, 6.45) is 3.11. The van der Waals surface area contributed by atoms with Crippen molar-refractivity contribution in [2.24, 2.45) is 0 Å². The van der Waals surface area contributed by atoms with Gasteiger partial charge in [0.15, 0.2) is 5.78 Å². The average molecular weight is 438 g/mol. The van der Waals surface area contributed by atoms with Gasteiger partial charge in [0.05, 0.1) is 6.10 Å². The minimum absolute atomic E-state index is 0.0278. The summed E-state index contributed by atoms with van der Waals surface area (Å²) in [6.45, 7) is 5.62. The highest BCUT2D eigenvalue weighted by atomic mass is 16.6. The van der Waals surface area contributed by atoms with E-state index < -0.39 is 17.8 Å². The molecule has 0 heterocycles. The summed E-state index contributed by atoms with van der Waals surface area (Å²) in [5.41, 5.74) is 2.43. The van der Waals surface area contributed by atoms with Crippen LogP contribution in [0.1, 0.15) is 51.2 Å². The standard InChI is InChI=1S/C27H35NO4/c1-27(2,3)32-26(31)28-18-17-24(29)20-25(30)23(19-22-13-8-5-9-14-22)16-10-15-21-11-6-4-7-12-21/h4-9,11-14,16,24,29H,10,15,17-20H2,1-3H3,(H,28,31). The highest BCUT2D eigenvalue weighted by Gasteiger charge is 2.18. The first-order valence-corrected chi connectivity index (χ1v) is 11.2. The number of amides is 1. The van der Waals surface area contributed by atoms with Gasteiger partial charge in [0.25, 0.3) is 0 Å². The fourth-order valence-corrected chi connectivity index (χ4v) is 3.26. The maximum Gasteiger partial charge on any atom is 0.407 e. The molecule has 0 aromatic heterocycles. The van der Waals surface area contributed by atoms with E-state index in [4.69, 9.17) is 4.74 Å². The smallest absolute Gasteiger partial charge is 0.407 e. The third-order valence-corrected chi connectivity index (χ3v) is 4.83. The number of ether oxygens (including phenoxy) is 1. The number of ketones is 1. The molecule has 1 amide bonds. The van der Waals surface area contributed by atoms with Crippen LogP contribution in [0.15, 0.2) is 72.3 Å². The number of aliphatic hydroxyl groups excluding tert-OH is 1. The number of benzene rings is 2. The maximum absolute atomic E-state index is 12.9. The van der Waals surface area contributed by atoms with Crippen LogP contribution in [-0.4, -0.2) is 35.2 Å². The SMILES string of the molecule is CC(C)(C)OC(=O)NCCC(O)CC(=O)C(=CCCc1ccccc1)Cc1ccccc1. The van der Waals surface area contributed by atoms with Gasteiger partial charge in [-0.2, -0.15) is 0 Å². The van der Waals surface area contributed by atoms with Gasteiger partial charge in [0.2, 0.25) is 0 Å². The Morgan fingerprint density at radius 2 is 1.59 bits per heavy atom. The number of aryl methyl sites for hydroxylation is 1. The van der Waals surface area contributed by atoms with E-state index in [1.165, 1.54) is 5.56 Å². The molecule has 2 aromatic carbocycles. The molecule has 2 aromatic rings. The van der Waals surface area contributed by atoms with Crippen LogP contribution < -0.4 is 5.32 Å². The van der Waals surface area contributed by atoms with Crippen molar-refractivity contribution < 1.29 is 19.4 Å². The van der Waals surface area contributed by atoms with E-state index in [-0.39, 0.29) is 25.2 Å². The molecule has 2 rings (SSSR count). The zero-order chi connectivity index (χ0) is 23.4. The normalized spacial score (nSPS) is 12.8. The minimum atomic E-state index is -0.828. The van der Waals surface area contributed by atoms with E-state index in [0.717, 1.165) is 18.4 Å². The second-order valence-corrected chi connectivity index (χ2v) is 8.91. The lowest BCUT2D eigenvalue weighted by molar-refractivity contribution is -0.117. The Hall–Kier alpha value is -2.92. The summed E-state index contributed by atoms with van der Waals surface area (Å²) in [5, 5.41) is 13.0. The predicted molar refractivity (Wildman–Crippen MR) is 127 cm³/mol. The van der Waals surface area contributed by atoms with Gasteiger partial charge in [0.1, 0.15) is 5.60 Å². The average Bonchev–Trinajstić information content (AvgIpc) is 2.73. The van der Waals surface area contributed by atoms with E-state index in [1.807, 2.05) is 54.6 Å². The summed E-state index contributed by atoms with van der Waals surface area (Å²) in [4.78, 5) is 24.7. The molecule has 0 saturated carbocycles. The van der Waals surface area contributed by atoms with Crippen LogP contribution in [0.2, 0.25) is 0 Å². The van der Waals surface area contributed by atoms with Crippen molar-refractivity contribution in [1.29, 1.82) is 0 Å². The van der Waals surface area contributed by atoms with Crippen LogP contribution in [0.3, 0.4) is 0 Å². The van der Waals surface area contributed by atoms with Crippen molar-refractivity contribution in [3.05, 3.63) is 83.4 Å². The largest absolute Gasteiger partial charge is 0.444 e. The molecule has 1 atom stereocenters. The van der Waals surface area contributed by atoms with Crippen molar-refractivity contribution in [3.63, 3.8) is 0 Å². The van der Waals surface area contributed by atoms with Crippen molar-refractivity contribution in [2.75, 3.05) is 6.54 Å². The number of Topliss-reactive ketones (excluding diaryl/α,β-unsaturated/α-hetero) is 1. The fraction of sp³-hybridized carbons (Fsp3) is 0.407. The van der Waals surface area contributed by atoms with Crippen molar-refractivity contribution in [2.45, 2.75) is 64.6 Å². The van der Waals surface area contributed by atoms with Gasteiger partial charge in [-0.1, -0.05) is 66.7 Å². The third-order valence-electron chi connectivity index (χ3n) is 4.83. The highest BCUT2D eigenvalue weighted by Crippen LogP contribution is 2.15. The molecule has 5 nitrogen and oxygen atoms in total. The summed E-state index contributed by atoms with van der Waals surface area (Å²) in [7, 11) is 0. The van der Waals surface area contributed by atoms with Gasteiger partial charge in [-0.05, 0) is 56.7 Å². The zero-order valence-corrected chi connectivity index (χ0v) is 19.3. The summed E-state index contributed by atoms with van der Waals surface area (Å²) < 4.78 is 5.18. The van der Waals surface area contributed by atoms with Gasteiger partial charge in [0, 0.05) is 19.4 Å². The molecule has 5 heteroatoms. The molecular formula is C27H35NO4. The van der Waals surface area contributed by atoms with Gasteiger partial charge < -0.3 is 15.2 Å². The fourth-order valence-electron chi connectivity index (χ4n) is 3.26. The molecule has 0 aliphatic heterocycles. The number of alkyl carbamates (subject to hydrolysis) is 1. The lowest BCUT2D eigenvalue weighted by atomic mass is 9.95. The molecule has 0 aliphatic carbocycles. The van der Waals surface area contributed by atoms with Crippen LogP contribution in [0, 0.1) is 0 Å². The molecule has 2 N–H and O–H groups in total. The Kier molecular flexibility index (Phi) is 10.2. The van der Waals surface area contributed by atoms with Crippen molar-refractivity contribution in [3.8, 4) is 0 Å². The first kappa shape index (κ1) is 25.3. The molecule has 0 spiro atoms. The topological polar surface area (TPSA) is 75.6 Å².